The summed E-state index contributed by atoms with van der Waals surface area (Å²) < 4.78 is 15.5. The van der Waals surface area contributed by atoms with Crippen molar-refractivity contribution < 1.29 is 4.39 Å². The maximum Gasteiger partial charge on any atom is 0.153 e. The number of halogens is 1. The van der Waals surface area contributed by atoms with Crippen molar-refractivity contribution in [1.82, 2.24) is 14.8 Å². The molecule has 0 aliphatic rings. The molecular weight excluding hydrogens is 229 g/mol. The van der Waals surface area contributed by atoms with Crippen molar-refractivity contribution in [3.8, 4) is 5.69 Å². The molecule has 3 nitrogen and oxygen atoms in total. The first kappa shape index (κ1) is 12.7. The first-order valence-corrected chi connectivity index (χ1v) is 6.22. The van der Waals surface area contributed by atoms with Crippen molar-refractivity contribution in [3.63, 3.8) is 0 Å². The maximum atomic E-state index is 13.8. The lowest BCUT2D eigenvalue weighted by Gasteiger charge is -2.08. The van der Waals surface area contributed by atoms with Crippen molar-refractivity contribution in [2.45, 2.75) is 39.5 Å². The van der Waals surface area contributed by atoms with Gasteiger partial charge < -0.3 is 0 Å². The van der Waals surface area contributed by atoms with E-state index < -0.39 is 0 Å². The van der Waals surface area contributed by atoms with E-state index in [4.69, 9.17) is 0 Å². The molecule has 0 bridgehead atoms. The van der Waals surface area contributed by atoms with E-state index in [1.54, 1.807) is 22.9 Å². The van der Waals surface area contributed by atoms with Crippen LogP contribution < -0.4 is 0 Å². The highest BCUT2D eigenvalue weighted by Crippen LogP contribution is 2.21. The summed E-state index contributed by atoms with van der Waals surface area (Å²) in [7, 11) is 0. The van der Waals surface area contributed by atoms with Crippen LogP contribution in [0.15, 0.2) is 24.3 Å². The number of aromatic nitrogens is 3. The van der Waals surface area contributed by atoms with Crippen molar-refractivity contribution in [2.24, 2.45) is 0 Å². The third kappa shape index (κ3) is 2.28. The highest BCUT2D eigenvalue weighted by molar-refractivity contribution is 5.33. The number of hydrogen-bond acceptors (Lipinski definition) is 2. The normalized spacial score (nSPS) is 11.5. The Bertz CT molecular complexity index is 544. The van der Waals surface area contributed by atoms with Crippen molar-refractivity contribution in [1.29, 1.82) is 0 Å². The van der Waals surface area contributed by atoms with Crippen LogP contribution in [0.4, 0.5) is 4.39 Å². The molecule has 96 valence electrons. The summed E-state index contributed by atoms with van der Waals surface area (Å²) in [4.78, 5) is 4.51. The third-order valence-corrected chi connectivity index (χ3v) is 2.76. The van der Waals surface area contributed by atoms with Gasteiger partial charge >= 0.3 is 0 Å². The Morgan fingerprint density at radius 1 is 1.06 bits per heavy atom. The molecular formula is C14H18FN3. The first-order valence-electron chi connectivity index (χ1n) is 6.22. The van der Waals surface area contributed by atoms with Gasteiger partial charge in [-0.05, 0) is 12.1 Å². The molecule has 0 spiro atoms. The Balaban J connectivity index is 2.59. The average Bonchev–Trinajstić information content (AvgIpc) is 2.74. The van der Waals surface area contributed by atoms with Gasteiger partial charge in [-0.15, -0.1) is 0 Å². The van der Waals surface area contributed by atoms with E-state index in [-0.39, 0.29) is 17.7 Å². The Labute approximate surface area is 107 Å². The van der Waals surface area contributed by atoms with Crippen LogP contribution in [0.2, 0.25) is 0 Å². The Hall–Kier alpha value is -1.71. The fraction of sp³-hybridized carbons (Fsp3) is 0.429. The summed E-state index contributed by atoms with van der Waals surface area (Å²) in [5.41, 5.74) is 0.459. The van der Waals surface area contributed by atoms with E-state index in [0.29, 0.717) is 5.69 Å². The SMILES string of the molecule is CC(C)c1nc(C(C)C)n(-c2ccccc2F)n1. The Morgan fingerprint density at radius 3 is 2.28 bits per heavy atom. The van der Waals surface area contributed by atoms with Gasteiger partial charge in [0.2, 0.25) is 0 Å². The van der Waals surface area contributed by atoms with Gasteiger partial charge in [0.05, 0.1) is 0 Å². The number of rotatable bonds is 3. The summed E-state index contributed by atoms with van der Waals surface area (Å²) >= 11 is 0. The van der Waals surface area contributed by atoms with Crippen LogP contribution >= 0.6 is 0 Å². The zero-order valence-electron chi connectivity index (χ0n) is 11.2. The van der Waals surface area contributed by atoms with Crippen molar-refractivity contribution in [2.75, 3.05) is 0 Å². The van der Waals surface area contributed by atoms with Gasteiger partial charge in [0.1, 0.15) is 17.3 Å². The monoisotopic (exact) mass is 247 g/mol. The van der Waals surface area contributed by atoms with Crippen LogP contribution in [-0.2, 0) is 0 Å². The predicted molar refractivity (Wildman–Crippen MR) is 69.5 cm³/mol. The maximum absolute atomic E-state index is 13.8. The summed E-state index contributed by atoms with van der Waals surface area (Å²) in [6, 6.07) is 6.64. The molecule has 1 aromatic carbocycles. The average molecular weight is 247 g/mol. The largest absolute Gasteiger partial charge is 0.216 e. The van der Waals surface area contributed by atoms with Crippen molar-refractivity contribution in [3.05, 3.63) is 41.7 Å². The van der Waals surface area contributed by atoms with E-state index in [2.05, 4.69) is 10.1 Å². The fourth-order valence-corrected chi connectivity index (χ4v) is 1.76. The van der Waals surface area contributed by atoms with Crippen molar-refractivity contribution >= 4 is 0 Å². The summed E-state index contributed by atoms with van der Waals surface area (Å²) in [5.74, 6) is 1.70. The molecule has 0 N–H and O–H groups in total. The molecule has 2 rings (SSSR count). The smallest absolute Gasteiger partial charge is 0.153 e. The highest BCUT2D eigenvalue weighted by atomic mass is 19.1. The topological polar surface area (TPSA) is 30.7 Å². The molecule has 0 aliphatic carbocycles. The second-order valence-corrected chi connectivity index (χ2v) is 5.00. The molecule has 2 aromatic rings. The van der Waals surface area contributed by atoms with E-state index in [1.165, 1.54) is 6.07 Å². The minimum atomic E-state index is -0.278. The molecule has 0 saturated carbocycles. The van der Waals surface area contributed by atoms with Gasteiger partial charge in [0.25, 0.3) is 0 Å². The molecule has 0 radical (unpaired) electrons. The van der Waals surface area contributed by atoms with Gasteiger partial charge in [0.15, 0.2) is 5.82 Å². The number of para-hydroxylation sites is 1. The van der Waals surface area contributed by atoms with Gasteiger partial charge in [-0.1, -0.05) is 39.8 Å². The second kappa shape index (κ2) is 4.88. The molecule has 0 unspecified atom stereocenters. The van der Waals surface area contributed by atoms with Gasteiger partial charge in [-0.25, -0.2) is 14.1 Å². The number of benzene rings is 1. The first-order chi connectivity index (χ1) is 8.50. The third-order valence-electron chi connectivity index (χ3n) is 2.76. The van der Waals surface area contributed by atoms with Crippen LogP contribution in [0.1, 0.15) is 51.2 Å². The molecule has 0 aliphatic heterocycles. The van der Waals surface area contributed by atoms with Crippen LogP contribution in [0.25, 0.3) is 5.69 Å². The zero-order chi connectivity index (χ0) is 13.3. The number of nitrogens with zero attached hydrogens (tertiary/aromatic N) is 3. The molecule has 1 aromatic heterocycles. The molecule has 0 saturated heterocycles. The molecule has 18 heavy (non-hydrogen) atoms. The Morgan fingerprint density at radius 2 is 1.72 bits per heavy atom. The summed E-state index contributed by atoms with van der Waals surface area (Å²) in [5, 5.41) is 4.43. The lowest BCUT2D eigenvalue weighted by molar-refractivity contribution is 0.598. The van der Waals surface area contributed by atoms with Crippen LogP contribution in [0, 0.1) is 5.82 Å². The van der Waals surface area contributed by atoms with E-state index in [0.717, 1.165) is 11.6 Å². The van der Waals surface area contributed by atoms with Gasteiger partial charge in [0, 0.05) is 11.8 Å². The molecule has 0 fully saturated rings. The fourth-order valence-electron chi connectivity index (χ4n) is 1.76. The lowest BCUT2D eigenvalue weighted by atomic mass is 10.2. The lowest BCUT2D eigenvalue weighted by Crippen LogP contribution is -2.06. The minimum absolute atomic E-state index is 0.199. The summed E-state index contributed by atoms with van der Waals surface area (Å²) in [6.07, 6.45) is 0. The number of hydrogen-bond donors (Lipinski definition) is 0. The standard InChI is InChI=1S/C14H18FN3/c1-9(2)13-16-14(10(3)4)18(17-13)12-8-6-5-7-11(12)15/h5-10H,1-4H3. The minimum Gasteiger partial charge on any atom is -0.216 e. The van der Waals surface area contributed by atoms with Gasteiger partial charge in [-0.3, -0.25) is 0 Å². The molecule has 4 heteroatoms. The zero-order valence-corrected chi connectivity index (χ0v) is 11.2. The predicted octanol–water partition coefficient (Wildman–Crippen LogP) is 3.65. The molecule has 0 atom stereocenters. The van der Waals surface area contributed by atoms with E-state index in [9.17, 15) is 4.39 Å². The van der Waals surface area contributed by atoms with Crippen LogP contribution in [0.5, 0.6) is 0 Å². The second-order valence-electron chi connectivity index (χ2n) is 5.00. The van der Waals surface area contributed by atoms with Crippen LogP contribution in [-0.4, -0.2) is 14.8 Å². The Kier molecular flexibility index (Phi) is 3.45. The van der Waals surface area contributed by atoms with E-state index in [1.807, 2.05) is 27.7 Å². The quantitative estimate of drug-likeness (QED) is 0.828. The highest BCUT2D eigenvalue weighted by Gasteiger charge is 2.18. The molecule has 0 amide bonds. The van der Waals surface area contributed by atoms with E-state index >= 15 is 0 Å². The van der Waals surface area contributed by atoms with Crippen LogP contribution in [0.3, 0.4) is 0 Å². The van der Waals surface area contributed by atoms with Gasteiger partial charge in [-0.2, -0.15) is 5.10 Å². The summed E-state index contributed by atoms with van der Waals surface area (Å²) in [6.45, 7) is 8.13. The molecule has 1 heterocycles.